The molecule has 2 heterocycles. The second-order valence-corrected chi connectivity index (χ2v) is 13.2. The van der Waals surface area contributed by atoms with Crippen LogP contribution in [0.3, 0.4) is 0 Å². The van der Waals surface area contributed by atoms with Crippen molar-refractivity contribution in [2.75, 3.05) is 6.61 Å². The Morgan fingerprint density at radius 3 is 2.15 bits per heavy atom. The molecule has 0 radical (unpaired) electrons. The molecule has 2 aromatic carbocycles. The van der Waals surface area contributed by atoms with Crippen LogP contribution < -0.4 is 16.2 Å². The van der Waals surface area contributed by atoms with Gasteiger partial charge in [-0.2, -0.15) is 18.1 Å². The number of halogens is 7. The molecule has 0 amide bonds. The van der Waals surface area contributed by atoms with Crippen molar-refractivity contribution in [3.8, 4) is 17.1 Å². The van der Waals surface area contributed by atoms with Gasteiger partial charge >= 0.3 is 24.0 Å². The summed E-state index contributed by atoms with van der Waals surface area (Å²) in [4.78, 5) is 35.8. The van der Waals surface area contributed by atoms with E-state index in [9.17, 15) is 27.6 Å². The minimum Gasteiger partial charge on any atom is -0.489 e. The van der Waals surface area contributed by atoms with Gasteiger partial charge < -0.3 is 13.9 Å². The highest BCUT2D eigenvalue weighted by Crippen LogP contribution is 2.33. The van der Waals surface area contributed by atoms with Crippen LogP contribution in [0.1, 0.15) is 65.4 Å². The number of hydrogen-bond donors (Lipinski definition) is 0. The first-order valence-corrected chi connectivity index (χ1v) is 15.9. The molecule has 4 aromatic rings. The van der Waals surface area contributed by atoms with E-state index in [4.69, 9.17) is 60.3 Å². The molecule has 0 aliphatic heterocycles. The molecule has 4 rings (SSSR count). The van der Waals surface area contributed by atoms with Gasteiger partial charge in [0.05, 0.1) is 28.4 Å². The van der Waals surface area contributed by atoms with E-state index < -0.39 is 35.2 Å². The Bertz CT molecular complexity index is 1900. The van der Waals surface area contributed by atoms with Crippen LogP contribution in [0.25, 0.3) is 11.4 Å². The summed E-state index contributed by atoms with van der Waals surface area (Å²) < 4.78 is 57.4. The third-order valence-electron chi connectivity index (χ3n) is 6.24. The Hall–Kier alpha value is -3.46. The maximum atomic E-state index is 14.2. The van der Waals surface area contributed by atoms with Crippen LogP contribution in [-0.4, -0.2) is 48.2 Å². The zero-order valence-corrected chi connectivity index (χ0v) is 29.8. The first kappa shape index (κ1) is 39.0. The van der Waals surface area contributed by atoms with Crippen molar-refractivity contribution in [2.24, 2.45) is 0 Å². The molecule has 18 heteroatoms. The maximum Gasteiger partial charge on any atom is 0.442 e. The molecule has 1 unspecified atom stereocenters. The number of nitrogens with zero attached hydrogens (tertiary/aromatic N) is 5. The molecule has 2 aromatic heterocycles. The number of alkyl halides is 3. The SMILES string of the molecule is CC(C)Oc1cc(-n2nc(C(C)(C)C)oc2=O)c(Cl)cc1Cl.CCOC(=O)C(Cl)Cc1cc(-n2nc(C)n(C(F)F)c2=O)c(F)cc1Cl. The predicted molar refractivity (Wildman–Crippen MR) is 175 cm³/mol. The lowest BCUT2D eigenvalue weighted by atomic mass is 9.97. The molecule has 0 aliphatic carbocycles. The Morgan fingerprint density at radius 1 is 0.979 bits per heavy atom. The number of hydrogen-bond acceptors (Lipinski definition) is 8. The molecule has 0 spiro atoms. The van der Waals surface area contributed by atoms with E-state index in [0.29, 0.717) is 27.0 Å². The number of esters is 1. The highest BCUT2D eigenvalue weighted by molar-refractivity contribution is 6.36. The molecule has 11 nitrogen and oxygen atoms in total. The molecular formula is C30H32Cl4F3N5O6. The van der Waals surface area contributed by atoms with Crippen molar-refractivity contribution in [3.63, 3.8) is 0 Å². The number of ether oxygens (including phenoxy) is 2. The van der Waals surface area contributed by atoms with Gasteiger partial charge in [-0.05, 0) is 51.5 Å². The number of benzene rings is 2. The lowest BCUT2D eigenvalue weighted by molar-refractivity contribution is -0.142. The van der Waals surface area contributed by atoms with Gasteiger partial charge in [-0.25, -0.2) is 18.5 Å². The smallest absolute Gasteiger partial charge is 0.442 e. The summed E-state index contributed by atoms with van der Waals surface area (Å²) in [5.41, 5.74) is -1.39. The van der Waals surface area contributed by atoms with Crippen molar-refractivity contribution in [1.29, 1.82) is 0 Å². The Kier molecular flexibility index (Phi) is 12.9. The van der Waals surface area contributed by atoms with Crippen LogP contribution in [-0.2, 0) is 21.4 Å². The summed E-state index contributed by atoms with van der Waals surface area (Å²) in [5, 5.41) is 7.40. The molecule has 0 bridgehead atoms. The zero-order chi connectivity index (χ0) is 36.2. The number of carbonyl (C=O) groups excluding carboxylic acids is 1. The molecule has 0 saturated heterocycles. The summed E-state index contributed by atoms with van der Waals surface area (Å²) in [6.45, 7) is 9.27. The molecular weight excluding hydrogens is 725 g/mol. The van der Waals surface area contributed by atoms with Crippen LogP contribution >= 0.6 is 46.4 Å². The molecule has 0 fully saturated rings. The molecule has 1 atom stereocenters. The van der Waals surface area contributed by atoms with E-state index in [1.54, 1.807) is 13.0 Å². The number of aryl methyl sites for hydroxylation is 1. The molecule has 0 aliphatic rings. The van der Waals surface area contributed by atoms with E-state index in [1.807, 2.05) is 34.6 Å². The van der Waals surface area contributed by atoms with E-state index in [1.165, 1.54) is 13.0 Å². The first-order valence-electron chi connectivity index (χ1n) is 14.3. The monoisotopic (exact) mass is 755 g/mol. The van der Waals surface area contributed by atoms with Gasteiger partial charge in [0.15, 0.2) is 5.82 Å². The average molecular weight is 757 g/mol. The summed E-state index contributed by atoms with van der Waals surface area (Å²) in [6.07, 6.45) is -0.179. The van der Waals surface area contributed by atoms with Crippen molar-refractivity contribution in [2.45, 2.75) is 78.3 Å². The number of aromatic nitrogens is 5. The van der Waals surface area contributed by atoms with Gasteiger partial charge in [0.1, 0.15) is 22.6 Å². The van der Waals surface area contributed by atoms with E-state index in [2.05, 4.69) is 10.2 Å². The van der Waals surface area contributed by atoms with Gasteiger partial charge in [0, 0.05) is 22.9 Å². The zero-order valence-electron chi connectivity index (χ0n) is 26.8. The normalized spacial score (nSPS) is 12.2. The number of carbonyl (C=O) groups is 1. The standard InChI is InChI=1S/C15H14Cl2F3N3O3.C15H18Cl2N2O3/c1-3-26-13(24)10(17)4-8-5-12(11(18)6-9(8)16)23-15(25)22(14(19)20)7(2)21-23;1-8(2)21-12-7-11(9(16)6-10(12)17)19-14(20)22-13(18-19)15(3,4)5/h5-6,10,14H,3-4H2,1-2H3;6-8H,1-5H3. The quantitative estimate of drug-likeness (QED) is 0.127. The van der Waals surface area contributed by atoms with Crippen LogP contribution in [0.15, 0.2) is 38.3 Å². The molecule has 262 valence electrons. The molecule has 48 heavy (non-hydrogen) atoms. The predicted octanol–water partition coefficient (Wildman–Crippen LogP) is 7.46. The molecule has 0 saturated carbocycles. The van der Waals surface area contributed by atoms with E-state index >= 15 is 0 Å². The third kappa shape index (κ3) is 9.16. The second kappa shape index (κ2) is 15.8. The summed E-state index contributed by atoms with van der Waals surface area (Å²) in [5.74, 6) is -1.77. The van der Waals surface area contributed by atoms with Crippen molar-refractivity contribution in [3.05, 3.63) is 83.5 Å². The van der Waals surface area contributed by atoms with E-state index in [-0.39, 0.29) is 56.2 Å². The van der Waals surface area contributed by atoms with Gasteiger partial charge in [-0.3, -0.25) is 4.79 Å². The van der Waals surface area contributed by atoms with Crippen LogP contribution in [0.4, 0.5) is 13.2 Å². The topological polar surface area (TPSA) is 123 Å². The van der Waals surface area contributed by atoms with E-state index in [0.717, 1.165) is 16.8 Å². The minimum absolute atomic E-state index is 0.0424. The fourth-order valence-corrected chi connectivity index (χ4v) is 4.99. The fourth-order valence-electron chi connectivity index (χ4n) is 4.02. The van der Waals surface area contributed by atoms with Crippen LogP contribution in [0.2, 0.25) is 15.1 Å². The van der Waals surface area contributed by atoms with Gasteiger partial charge in [0.25, 0.3) is 0 Å². The highest BCUT2D eigenvalue weighted by atomic mass is 35.5. The van der Waals surface area contributed by atoms with Crippen LogP contribution in [0.5, 0.6) is 5.75 Å². The third-order valence-corrected chi connectivity index (χ3v) is 7.53. The summed E-state index contributed by atoms with van der Waals surface area (Å²) >= 11 is 24.2. The molecule has 0 N–H and O–H groups in total. The largest absolute Gasteiger partial charge is 0.489 e. The van der Waals surface area contributed by atoms with Gasteiger partial charge in [-0.15, -0.1) is 21.8 Å². The summed E-state index contributed by atoms with van der Waals surface area (Å²) in [7, 11) is 0. The van der Waals surface area contributed by atoms with Crippen LogP contribution in [0, 0.1) is 12.7 Å². The second-order valence-electron chi connectivity index (χ2n) is 11.4. The maximum absolute atomic E-state index is 14.2. The average Bonchev–Trinajstić information content (AvgIpc) is 3.50. The minimum atomic E-state index is -3.12. The van der Waals surface area contributed by atoms with Gasteiger partial charge in [0.2, 0.25) is 5.89 Å². The first-order chi connectivity index (χ1) is 22.3. The van der Waals surface area contributed by atoms with Crippen molar-refractivity contribution in [1.82, 2.24) is 24.1 Å². The number of rotatable bonds is 9. The van der Waals surface area contributed by atoms with Gasteiger partial charge in [-0.1, -0.05) is 55.6 Å². The summed E-state index contributed by atoms with van der Waals surface area (Å²) in [6, 6.07) is 5.13. The Morgan fingerprint density at radius 2 is 1.62 bits per heavy atom. The highest BCUT2D eigenvalue weighted by Gasteiger charge is 2.25. The Labute approximate surface area is 293 Å². The lowest BCUT2D eigenvalue weighted by Gasteiger charge is -2.13. The Balaban J connectivity index is 0.000000264. The fraction of sp³-hybridized carbons (Fsp3) is 0.433. The van der Waals surface area contributed by atoms with Crippen molar-refractivity contribution >= 4 is 52.4 Å². The van der Waals surface area contributed by atoms with Crippen molar-refractivity contribution < 1.29 is 31.9 Å². The lowest BCUT2D eigenvalue weighted by Crippen LogP contribution is -2.25.